The van der Waals surface area contributed by atoms with Crippen LogP contribution in [0.1, 0.15) is 16.7 Å². The molecule has 0 amide bonds. The summed E-state index contributed by atoms with van der Waals surface area (Å²) in [5.41, 5.74) is 1.77. The maximum atomic E-state index is 13.9. The topological polar surface area (TPSA) is 0 Å². The SMILES string of the molecule is Cc1ccc(C(Cl)(Cl)c2ccccc2)c(F)c1. The highest BCUT2D eigenvalue weighted by molar-refractivity contribution is 6.50. The van der Waals surface area contributed by atoms with Crippen LogP contribution in [0.4, 0.5) is 4.39 Å². The molecule has 0 aliphatic carbocycles. The molecule has 0 radical (unpaired) electrons. The van der Waals surface area contributed by atoms with Crippen LogP contribution in [0.15, 0.2) is 48.5 Å². The van der Waals surface area contributed by atoms with Crippen molar-refractivity contribution >= 4 is 23.2 Å². The third-order valence-electron chi connectivity index (χ3n) is 2.60. The summed E-state index contributed by atoms with van der Waals surface area (Å²) in [4.78, 5) is 0. The summed E-state index contributed by atoms with van der Waals surface area (Å²) >= 11 is 12.5. The van der Waals surface area contributed by atoms with Crippen molar-refractivity contribution in [1.82, 2.24) is 0 Å². The number of halogens is 3. The molecule has 0 fully saturated rings. The van der Waals surface area contributed by atoms with Gasteiger partial charge in [0.15, 0.2) is 4.33 Å². The molecule has 0 saturated carbocycles. The van der Waals surface area contributed by atoms with Crippen LogP contribution in [-0.4, -0.2) is 0 Å². The standard InChI is InChI=1S/C14H11Cl2F/c1-10-7-8-12(13(17)9-10)14(15,16)11-5-3-2-4-6-11/h2-9H,1H3. The smallest absolute Gasteiger partial charge is 0.170 e. The molecular weight excluding hydrogens is 258 g/mol. The molecule has 3 heteroatoms. The van der Waals surface area contributed by atoms with E-state index in [1.54, 1.807) is 24.3 Å². The molecule has 2 aromatic carbocycles. The quantitative estimate of drug-likeness (QED) is 0.686. The van der Waals surface area contributed by atoms with Crippen LogP contribution in [0, 0.1) is 12.7 Å². The number of hydrogen-bond donors (Lipinski definition) is 0. The first-order chi connectivity index (χ1) is 8.01. The minimum atomic E-state index is -1.36. The highest BCUT2D eigenvalue weighted by Crippen LogP contribution is 2.41. The number of aryl methyl sites for hydroxylation is 1. The largest absolute Gasteiger partial charge is 0.207 e. The maximum absolute atomic E-state index is 13.9. The fraction of sp³-hybridized carbons (Fsp3) is 0.143. The molecule has 2 rings (SSSR count). The number of hydrogen-bond acceptors (Lipinski definition) is 0. The Kier molecular flexibility index (Phi) is 3.41. The first-order valence-electron chi connectivity index (χ1n) is 5.22. The van der Waals surface area contributed by atoms with E-state index in [-0.39, 0.29) is 11.4 Å². The van der Waals surface area contributed by atoms with Crippen molar-refractivity contribution in [2.24, 2.45) is 0 Å². The van der Waals surface area contributed by atoms with Crippen molar-refractivity contribution in [3.8, 4) is 0 Å². The minimum absolute atomic E-state index is 0.276. The first kappa shape index (κ1) is 12.4. The van der Waals surface area contributed by atoms with E-state index in [4.69, 9.17) is 23.2 Å². The van der Waals surface area contributed by atoms with Gasteiger partial charge in [0.25, 0.3) is 0 Å². The maximum Gasteiger partial charge on any atom is 0.170 e. The number of benzene rings is 2. The van der Waals surface area contributed by atoms with E-state index >= 15 is 0 Å². The molecular formula is C14H11Cl2F. The van der Waals surface area contributed by atoms with Crippen molar-refractivity contribution in [1.29, 1.82) is 0 Å². The van der Waals surface area contributed by atoms with E-state index in [0.717, 1.165) is 5.56 Å². The Bertz CT molecular complexity index is 521. The second-order valence-corrected chi connectivity index (χ2v) is 5.25. The summed E-state index contributed by atoms with van der Waals surface area (Å²) in [5, 5.41) is 0. The highest BCUT2D eigenvalue weighted by Gasteiger charge is 2.31. The van der Waals surface area contributed by atoms with Crippen molar-refractivity contribution in [3.63, 3.8) is 0 Å². The summed E-state index contributed by atoms with van der Waals surface area (Å²) in [5.74, 6) is -0.390. The van der Waals surface area contributed by atoms with Gasteiger partial charge in [-0.05, 0) is 24.1 Å². The molecule has 0 spiro atoms. The third kappa shape index (κ3) is 2.46. The first-order valence-corrected chi connectivity index (χ1v) is 5.97. The fourth-order valence-electron chi connectivity index (χ4n) is 1.68. The Hall–Kier alpha value is -1.05. The molecule has 0 atom stereocenters. The predicted molar refractivity (Wildman–Crippen MR) is 70.1 cm³/mol. The Morgan fingerprint density at radius 2 is 1.65 bits per heavy atom. The van der Waals surface area contributed by atoms with Crippen LogP contribution in [-0.2, 0) is 4.33 Å². The van der Waals surface area contributed by atoms with E-state index in [1.807, 2.05) is 25.1 Å². The van der Waals surface area contributed by atoms with Gasteiger partial charge in [0.05, 0.1) is 0 Å². The van der Waals surface area contributed by atoms with E-state index in [1.165, 1.54) is 6.07 Å². The Balaban J connectivity index is 2.52. The van der Waals surface area contributed by atoms with E-state index < -0.39 is 4.33 Å². The Morgan fingerprint density at radius 3 is 2.24 bits per heavy atom. The summed E-state index contributed by atoms with van der Waals surface area (Å²) in [7, 11) is 0. The summed E-state index contributed by atoms with van der Waals surface area (Å²) in [6.45, 7) is 1.82. The lowest BCUT2D eigenvalue weighted by Gasteiger charge is -2.21. The molecule has 0 unspecified atom stereocenters. The third-order valence-corrected chi connectivity index (χ3v) is 3.44. The Labute approximate surface area is 110 Å². The van der Waals surface area contributed by atoms with Gasteiger partial charge in [-0.1, -0.05) is 65.7 Å². The van der Waals surface area contributed by atoms with Crippen molar-refractivity contribution in [2.45, 2.75) is 11.3 Å². The van der Waals surface area contributed by atoms with Crippen LogP contribution >= 0.6 is 23.2 Å². The molecule has 0 nitrogen and oxygen atoms in total. The van der Waals surface area contributed by atoms with Gasteiger partial charge in [0.1, 0.15) is 5.82 Å². The highest BCUT2D eigenvalue weighted by atomic mass is 35.5. The van der Waals surface area contributed by atoms with Crippen LogP contribution in [0.5, 0.6) is 0 Å². The van der Waals surface area contributed by atoms with Crippen LogP contribution < -0.4 is 0 Å². The molecule has 0 heterocycles. The van der Waals surface area contributed by atoms with Gasteiger partial charge in [-0.15, -0.1) is 0 Å². The average molecular weight is 269 g/mol. The summed E-state index contributed by atoms with van der Waals surface area (Å²) in [6, 6.07) is 13.9. The lowest BCUT2D eigenvalue weighted by molar-refractivity contribution is 0.606. The van der Waals surface area contributed by atoms with Crippen molar-refractivity contribution < 1.29 is 4.39 Å². The van der Waals surface area contributed by atoms with Crippen molar-refractivity contribution in [3.05, 3.63) is 71.0 Å². The van der Waals surface area contributed by atoms with Crippen LogP contribution in [0.25, 0.3) is 0 Å². The Morgan fingerprint density at radius 1 is 1.00 bits per heavy atom. The molecule has 0 saturated heterocycles. The molecule has 88 valence electrons. The fourth-order valence-corrected chi connectivity index (χ4v) is 2.24. The molecule has 0 N–H and O–H groups in total. The second kappa shape index (κ2) is 4.67. The predicted octanol–water partition coefficient (Wildman–Crippen LogP) is 4.81. The van der Waals surface area contributed by atoms with Gasteiger partial charge in [-0.25, -0.2) is 4.39 Å². The lowest BCUT2D eigenvalue weighted by Crippen LogP contribution is -2.14. The molecule has 0 bridgehead atoms. The monoisotopic (exact) mass is 268 g/mol. The van der Waals surface area contributed by atoms with Gasteiger partial charge < -0.3 is 0 Å². The normalized spacial score (nSPS) is 11.5. The lowest BCUT2D eigenvalue weighted by atomic mass is 10.0. The molecule has 2 aromatic rings. The zero-order chi connectivity index (χ0) is 12.5. The van der Waals surface area contributed by atoms with E-state index in [0.29, 0.717) is 5.56 Å². The van der Waals surface area contributed by atoms with Gasteiger partial charge in [0, 0.05) is 5.56 Å². The number of alkyl halides is 2. The molecule has 0 aromatic heterocycles. The number of rotatable bonds is 2. The van der Waals surface area contributed by atoms with Gasteiger partial charge in [0.2, 0.25) is 0 Å². The van der Waals surface area contributed by atoms with E-state index in [9.17, 15) is 4.39 Å². The summed E-state index contributed by atoms with van der Waals surface area (Å²) in [6.07, 6.45) is 0. The molecule has 0 aliphatic rings. The van der Waals surface area contributed by atoms with Crippen LogP contribution in [0.2, 0.25) is 0 Å². The minimum Gasteiger partial charge on any atom is -0.207 e. The zero-order valence-corrected chi connectivity index (χ0v) is 10.8. The summed E-state index contributed by atoms with van der Waals surface area (Å²) < 4.78 is 12.5. The van der Waals surface area contributed by atoms with Gasteiger partial charge in [-0.3, -0.25) is 0 Å². The second-order valence-electron chi connectivity index (χ2n) is 3.92. The van der Waals surface area contributed by atoms with E-state index in [2.05, 4.69) is 0 Å². The van der Waals surface area contributed by atoms with Gasteiger partial charge >= 0.3 is 0 Å². The average Bonchev–Trinajstić information content (AvgIpc) is 2.29. The van der Waals surface area contributed by atoms with Gasteiger partial charge in [-0.2, -0.15) is 0 Å². The van der Waals surface area contributed by atoms with Crippen LogP contribution in [0.3, 0.4) is 0 Å². The molecule has 0 aliphatic heterocycles. The zero-order valence-electron chi connectivity index (χ0n) is 9.25. The molecule has 17 heavy (non-hydrogen) atoms. The van der Waals surface area contributed by atoms with Crippen molar-refractivity contribution in [2.75, 3.05) is 0 Å².